The van der Waals surface area contributed by atoms with Gasteiger partial charge in [0, 0.05) is 43.9 Å². The number of nitrogens with zero attached hydrogens (tertiary/aromatic N) is 2. The van der Waals surface area contributed by atoms with Crippen molar-refractivity contribution in [3.63, 3.8) is 0 Å². The monoisotopic (exact) mass is 289 g/mol. The lowest BCUT2D eigenvalue weighted by Gasteiger charge is -2.33. The molecule has 1 amide bonds. The Kier molecular flexibility index (Phi) is 4.92. The lowest BCUT2D eigenvalue weighted by Crippen LogP contribution is -2.44. The van der Waals surface area contributed by atoms with E-state index >= 15 is 0 Å². The van der Waals surface area contributed by atoms with Crippen LogP contribution in [-0.2, 0) is 9.59 Å². The average Bonchev–Trinajstić information content (AvgIpc) is 2.46. The van der Waals surface area contributed by atoms with Gasteiger partial charge in [0.15, 0.2) is 0 Å². The number of nitrogens with one attached hydrogen (secondary N) is 1. The summed E-state index contributed by atoms with van der Waals surface area (Å²) >= 11 is 0. The number of hydrogen-bond acceptors (Lipinski definition) is 4. The van der Waals surface area contributed by atoms with E-state index in [0.717, 1.165) is 43.4 Å². The zero-order valence-corrected chi connectivity index (χ0v) is 12.0. The number of carbonyl (C=O) groups is 2. The summed E-state index contributed by atoms with van der Waals surface area (Å²) in [6.45, 7) is 3.10. The first-order chi connectivity index (χ1) is 10.1. The van der Waals surface area contributed by atoms with Gasteiger partial charge in [-0.2, -0.15) is 0 Å². The fourth-order valence-electron chi connectivity index (χ4n) is 2.49. The van der Waals surface area contributed by atoms with E-state index in [9.17, 15) is 9.59 Å². The SMILES string of the molecule is CC(=O)NC1CCN(c2ncccc2/C=C/C(=O)O)CC1. The van der Waals surface area contributed by atoms with Crippen LogP contribution in [0.3, 0.4) is 0 Å². The summed E-state index contributed by atoms with van der Waals surface area (Å²) in [5.41, 5.74) is 0.790. The number of amides is 1. The van der Waals surface area contributed by atoms with Gasteiger partial charge in [-0.05, 0) is 31.1 Å². The Morgan fingerprint density at radius 1 is 1.43 bits per heavy atom. The predicted molar refractivity (Wildman–Crippen MR) is 80.0 cm³/mol. The molecule has 0 spiro atoms. The van der Waals surface area contributed by atoms with Crippen LogP contribution in [0.2, 0.25) is 0 Å². The van der Waals surface area contributed by atoms with Crippen molar-refractivity contribution < 1.29 is 14.7 Å². The zero-order valence-electron chi connectivity index (χ0n) is 12.0. The molecule has 21 heavy (non-hydrogen) atoms. The zero-order chi connectivity index (χ0) is 15.2. The number of aromatic nitrogens is 1. The Labute approximate surface area is 123 Å². The second-order valence-electron chi connectivity index (χ2n) is 5.05. The van der Waals surface area contributed by atoms with Crippen LogP contribution in [0.4, 0.5) is 5.82 Å². The van der Waals surface area contributed by atoms with Gasteiger partial charge in [0.05, 0.1) is 0 Å². The van der Waals surface area contributed by atoms with Crippen molar-refractivity contribution in [3.05, 3.63) is 30.0 Å². The number of hydrogen-bond donors (Lipinski definition) is 2. The number of carboxylic acid groups (broad SMARTS) is 1. The molecule has 6 nitrogen and oxygen atoms in total. The average molecular weight is 289 g/mol. The van der Waals surface area contributed by atoms with Gasteiger partial charge in [-0.15, -0.1) is 0 Å². The summed E-state index contributed by atoms with van der Waals surface area (Å²) in [7, 11) is 0. The Morgan fingerprint density at radius 3 is 2.76 bits per heavy atom. The molecule has 0 bridgehead atoms. The third-order valence-electron chi connectivity index (χ3n) is 3.42. The van der Waals surface area contributed by atoms with E-state index in [0.29, 0.717) is 0 Å². The van der Waals surface area contributed by atoms with Crippen molar-refractivity contribution in [3.8, 4) is 0 Å². The van der Waals surface area contributed by atoms with Gasteiger partial charge in [0.25, 0.3) is 0 Å². The van der Waals surface area contributed by atoms with Crippen LogP contribution < -0.4 is 10.2 Å². The molecule has 1 aliphatic heterocycles. The van der Waals surface area contributed by atoms with E-state index in [2.05, 4.69) is 15.2 Å². The number of carboxylic acids is 1. The van der Waals surface area contributed by atoms with E-state index in [-0.39, 0.29) is 11.9 Å². The van der Waals surface area contributed by atoms with Gasteiger partial charge < -0.3 is 15.3 Å². The van der Waals surface area contributed by atoms with Gasteiger partial charge >= 0.3 is 5.97 Å². The molecule has 0 saturated carbocycles. The van der Waals surface area contributed by atoms with E-state index in [4.69, 9.17) is 5.11 Å². The molecule has 1 aromatic rings. The maximum Gasteiger partial charge on any atom is 0.328 e. The second kappa shape index (κ2) is 6.88. The number of piperidine rings is 1. The highest BCUT2D eigenvalue weighted by molar-refractivity contribution is 5.86. The van der Waals surface area contributed by atoms with Crippen molar-refractivity contribution >= 4 is 23.8 Å². The van der Waals surface area contributed by atoms with Gasteiger partial charge in [0.2, 0.25) is 5.91 Å². The number of aliphatic carboxylic acids is 1. The highest BCUT2D eigenvalue weighted by Crippen LogP contribution is 2.22. The van der Waals surface area contributed by atoms with Crippen molar-refractivity contribution in [2.75, 3.05) is 18.0 Å². The third-order valence-corrected chi connectivity index (χ3v) is 3.42. The molecule has 2 heterocycles. The standard InChI is InChI=1S/C15H19N3O3/c1-11(19)17-13-6-9-18(10-7-13)15-12(3-2-8-16-15)4-5-14(20)21/h2-5,8,13H,6-7,9-10H2,1H3,(H,17,19)(H,20,21)/b5-4+. The Balaban J connectivity index is 2.06. The fraction of sp³-hybridized carbons (Fsp3) is 0.400. The highest BCUT2D eigenvalue weighted by Gasteiger charge is 2.21. The lowest BCUT2D eigenvalue weighted by molar-refractivity contribution is -0.131. The van der Waals surface area contributed by atoms with Crippen LogP contribution in [0.5, 0.6) is 0 Å². The van der Waals surface area contributed by atoms with Crippen LogP contribution >= 0.6 is 0 Å². The normalized spacial score (nSPS) is 16.1. The number of rotatable bonds is 4. The van der Waals surface area contributed by atoms with Crippen LogP contribution in [0.15, 0.2) is 24.4 Å². The first-order valence-electron chi connectivity index (χ1n) is 6.94. The molecular weight excluding hydrogens is 270 g/mol. The largest absolute Gasteiger partial charge is 0.478 e. The lowest BCUT2D eigenvalue weighted by atomic mass is 10.0. The van der Waals surface area contributed by atoms with Crippen LogP contribution in [-0.4, -0.2) is 41.1 Å². The Morgan fingerprint density at radius 2 is 2.14 bits per heavy atom. The molecule has 1 saturated heterocycles. The van der Waals surface area contributed by atoms with Crippen molar-refractivity contribution in [1.82, 2.24) is 10.3 Å². The Hall–Kier alpha value is -2.37. The van der Waals surface area contributed by atoms with Crippen LogP contribution in [0, 0.1) is 0 Å². The molecule has 0 aliphatic carbocycles. The molecule has 1 aliphatic rings. The first-order valence-corrected chi connectivity index (χ1v) is 6.94. The molecule has 1 aromatic heterocycles. The van der Waals surface area contributed by atoms with Gasteiger partial charge in [-0.1, -0.05) is 0 Å². The predicted octanol–water partition coefficient (Wildman–Crippen LogP) is 1.28. The molecule has 0 atom stereocenters. The summed E-state index contributed by atoms with van der Waals surface area (Å²) in [5, 5.41) is 11.7. The Bertz CT molecular complexity index is 549. The number of pyridine rings is 1. The van der Waals surface area contributed by atoms with Crippen LogP contribution in [0.1, 0.15) is 25.3 Å². The van der Waals surface area contributed by atoms with Gasteiger partial charge in [-0.25, -0.2) is 9.78 Å². The summed E-state index contributed by atoms with van der Waals surface area (Å²) in [5.74, 6) is -0.193. The smallest absolute Gasteiger partial charge is 0.328 e. The maximum absolute atomic E-state index is 11.1. The quantitative estimate of drug-likeness (QED) is 0.816. The molecule has 2 rings (SSSR count). The minimum atomic E-state index is -0.978. The van der Waals surface area contributed by atoms with E-state index in [1.165, 1.54) is 6.92 Å². The highest BCUT2D eigenvalue weighted by atomic mass is 16.4. The summed E-state index contributed by atoms with van der Waals surface area (Å²) in [4.78, 5) is 28.2. The molecule has 6 heteroatoms. The van der Waals surface area contributed by atoms with E-state index in [1.54, 1.807) is 18.3 Å². The van der Waals surface area contributed by atoms with E-state index in [1.807, 2.05) is 6.07 Å². The molecule has 0 aromatic carbocycles. The van der Waals surface area contributed by atoms with Gasteiger partial charge in [0.1, 0.15) is 5.82 Å². The molecule has 0 radical (unpaired) electrons. The van der Waals surface area contributed by atoms with Crippen molar-refractivity contribution in [2.45, 2.75) is 25.8 Å². The van der Waals surface area contributed by atoms with Crippen molar-refractivity contribution in [2.24, 2.45) is 0 Å². The molecule has 1 fully saturated rings. The minimum Gasteiger partial charge on any atom is -0.478 e. The molecule has 0 unspecified atom stereocenters. The first kappa shape index (κ1) is 15.0. The minimum absolute atomic E-state index is 0.00336. The summed E-state index contributed by atoms with van der Waals surface area (Å²) < 4.78 is 0. The summed E-state index contributed by atoms with van der Waals surface area (Å²) in [6.07, 6.45) is 6.10. The fourth-order valence-corrected chi connectivity index (χ4v) is 2.49. The molecule has 112 valence electrons. The number of carbonyl (C=O) groups excluding carboxylic acids is 1. The number of anilines is 1. The van der Waals surface area contributed by atoms with Gasteiger partial charge in [-0.3, -0.25) is 4.79 Å². The topological polar surface area (TPSA) is 82.5 Å². The second-order valence-corrected chi connectivity index (χ2v) is 5.05. The van der Waals surface area contributed by atoms with E-state index < -0.39 is 5.97 Å². The van der Waals surface area contributed by atoms with Crippen LogP contribution in [0.25, 0.3) is 6.08 Å². The van der Waals surface area contributed by atoms with Crippen molar-refractivity contribution in [1.29, 1.82) is 0 Å². The third kappa shape index (κ3) is 4.30. The molecular formula is C15H19N3O3. The summed E-state index contributed by atoms with van der Waals surface area (Å²) in [6, 6.07) is 3.84. The maximum atomic E-state index is 11.1. The molecule has 2 N–H and O–H groups in total.